The van der Waals surface area contributed by atoms with Crippen LogP contribution in [0.1, 0.15) is 64.2 Å². The first-order chi connectivity index (χ1) is 16.0. The molecule has 5 fully saturated rings. The molecule has 1 aromatic heterocycles. The van der Waals surface area contributed by atoms with Crippen LogP contribution in [0.25, 0.3) is 0 Å². The molecular formula is C25H37N4O4+. The number of piperidine rings is 3. The molecule has 180 valence electrons. The number of nitrogens with one attached hydrogen (secondary N) is 1. The van der Waals surface area contributed by atoms with Gasteiger partial charge in [-0.2, -0.15) is 0 Å². The summed E-state index contributed by atoms with van der Waals surface area (Å²) >= 11 is 0. The summed E-state index contributed by atoms with van der Waals surface area (Å²) in [6.07, 6.45) is 12.9. The van der Waals surface area contributed by atoms with Crippen molar-refractivity contribution in [2.75, 3.05) is 31.5 Å². The largest absolute Gasteiger partial charge is 0.454 e. The quantitative estimate of drug-likeness (QED) is 0.482. The molecular weight excluding hydrogens is 420 g/mol. The summed E-state index contributed by atoms with van der Waals surface area (Å²) in [5.74, 6) is 0.183. The molecule has 3 aliphatic heterocycles. The average molecular weight is 458 g/mol. The van der Waals surface area contributed by atoms with Crippen LogP contribution in [0.3, 0.4) is 0 Å². The molecule has 6 rings (SSSR count). The molecule has 1 atom stereocenters. The summed E-state index contributed by atoms with van der Waals surface area (Å²) in [5.41, 5.74) is -1.34. The van der Waals surface area contributed by atoms with Crippen molar-refractivity contribution in [2.24, 2.45) is 17.8 Å². The summed E-state index contributed by atoms with van der Waals surface area (Å²) in [4.78, 5) is 34.5. The average Bonchev–Trinajstić information content (AvgIpc) is 3.54. The zero-order valence-electron chi connectivity index (χ0n) is 19.5. The predicted molar refractivity (Wildman–Crippen MR) is 122 cm³/mol. The Morgan fingerprint density at radius 1 is 1.00 bits per heavy atom. The van der Waals surface area contributed by atoms with E-state index in [-0.39, 0.29) is 29.8 Å². The van der Waals surface area contributed by atoms with Gasteiger partial charge in [-0.25, -0.2) is 14.8 Å². The van der Waals surface area contributed by atoms with Gasteiger partial charge in [0.1, 0.15) is 6.54 Å². The predicted octanol–water partition coefficient (Wildman–Crippen LogP) is 2.68. The zero-order chi connectivity index (χ0) is 22.9. The van der Waals surface area contributed by atoms with E-state index in [1.165, 1.54) is 0 Å². The van der Waals surface area contributed by atoms with E-state index in [9.17, 15) is 14.7 Å². The Morgan fingerprint density at radius 2 is 1.58 bits per heavy atom. The number of amides is 1. The van der Waals surface area contributed by atoms with E-state index in [1.54, 1.807) is 18.5 Å². The standard InChI is InChI=1S/C25H36N4O4/c30-22(28-24-26-12-5-13-27-24)17-29-14-10-18(11-15-29)21(16-29)33-23(31)25(32,19-6-1-2-7-19)20-8-3-4-9-20/h5,12-13,18-21,32H,1-4,6-11,14-17H2/p+1/t18?,21-,29?/m0/s1. The van der Waals surface area contributed by atoms with E-state index < -0.39 is 5.60 Å². The minimum Gasteiger partial charge on any atom is -0.454 e. The Bertz CT molecular complexity index is 827. The van der Waals surface area contributed by atoms with E-state index >= 15 is 0 Å². The second-order valence-corrected chi connectivity index (χ2v) is 10.8. The highest BCUT2D eigenvalue weighted by molar-refractivity contribution is 5.89. The maximum atomic E-state index is 13.6. The van der Waals surface area contributed by atoms with E-state index in [0.29, 0.717) is 29.4 Å². The number of nitrogens with zero attached hydrogens (tertiary/aromatic N) is 3. The van der Waals surface area contributed by atoms with Crippen LogP contribution in [-0.2, 0) is 14.3 Å². The Kier molecular flexibility index (Phi) is 6.40. The molecule has 0 radical (unpaired) electrons. The molecule has 2 bridgehead atoms. The molecule has 0 aromatic carbocycles. The highest BCUT2D eigenvalue weighted by Crippen LogP contribution is 2.46. The van der Waals surface area contributed by atoms with Gasteiger partial charge < -0.3 is 14.3 Å². The number of ether oxygens (including phenoxy) is 1. The molecule has 5 aliphatic rings. The summed E-state index contributed by atoms with van der Waals surface area (Å²) < 4.78 is 6.80. The van der Waals surface area contributed by atoms with Gasteiger partial charge in [0.15, 0.2) is 18.2 Å². The number of quaternary nitrogens is 1. The minimum atomic E-state index is -1.34. The van der Waals surface area contributed by atoms with Gasteiger partial charge in [0.05, 0.1) is 13.1 Å². The third-order valence-electron chi connectivity index (χ3n) is 8.88. The van der Waals surface area contributed by atoms with Crippen LogP contribution < -0.4 is 5.32 Å². The Morgan fingerprint density at radius 3 is 2.15 bits per heavy atom. The van der Waals surface area contributed by atoms with Gasteiger partial charge in [-0.05, 0) is 43.6 Å². The molecule has 0 unspecified atom stereocenters. The van der Waals surface area contributed by atoms with Crippen molar-refractivity contribution in [2.45, 2.75) is 75.9 Å². The van der Waals surface area contributed by atoms with Crippen molar-refractivity contribution in [1.82, 2.24) is 9.97 Å². The lowest BCUT2D eigenvalue weighted by Crippen LogP contribution is -2.67. The molecule has 33 heavy (non-hydrogen) atoms. The van der Waals surface area contributed by atoms with Crippen molar-refractivity contribution >= 4 is 17.8 Å². The Labute approximate surface area is 195 Å². The SMILES string of the molecule is O=C(C[N+]12CCC(CC1)[C@@H](OC(=O)C(O)(C1CCCC1)C1CCCC1)C2)Nc1ncccn1. The van der Waals surface area contributed by atoms with Crippen molar-refractivity contribution in [3.05, 3.63) is 18.5 Å². The second-order valence-electron chi connectivity index (χ2n) is 10.8. The Balaban J connectivity index is 1.26. The van der Waals surface area contributed by atoms with Crippen molar-refractivity contribution < 1.29 is 23.9 Å². The van der Waals surface area contributed by atoms with Crippen LogP contribution in [0.5, 0.6) is 0 Å². The molecule has 4 heterocycles. The fourth-order valence-corrected chi connectivity index (χ4v) is 7.04. The van der Waals surface area contributed by atoms with E-state index in [0.717, 1.165) is 77.3 Å². The van der Waals surface area contributed by atoms with Crippen LogP contribution in [0, 0.1) is 17.8 Å². The van der Waals surface area contributed by atoms with E-state index in [1.807, 2.05) is 0 Å². The van der Waals surface area contributed by atoms with Crippen molar-refractivity contribution in [3.8, 4) is 0 Å². The van der Waals surface area contributed by atoms with Crippen LogP contribution in [-0.4, -0.2) is 69.3 Å². The summed E-state index contributed by atoms with van der Waals surface area (Å²) in [6, 6.07) is 1.71. The lowest BCUT2D eigenvalue weighted by Gasteiger charge is -2.52. The molecule has 8 nitrogen and oxygen atoms in total. The van der Waals surface area contributed by atoms with Crippen LogP contribution in [0.4, 0.5) is 5.95 Å². The van der Waals surface area contributed by atoms with Gasteiger partial charge >= 0.3 is 5.97 Å². The van der Waals surface area contributed by atoms with Gasteiger partial charge in [0.25, 0.3) is 5.91 Å². The summed E-state index contributed by atoms with van der Waals surface area (Å²) in [6.45, 7) is 2.80. The molecule has 0 spiro atoms. The maximum Gasteiger partial charge on any atom is 0.339 e. The molecule has 2 N–H and O–H groups in total. The van der Waals surface area contributed by atoms with Gasteiger partial charge in [0.2, 0.25) is 5.95 Å². The number of aromatic nitrogens is 2. The van der Waals surface area contributed by atoms with Crippen LogP contribution >= 0.6 is 0 Å². The molecule has 1 amide bonds. The monoisotopic (exact) mass is 457 g/mol. The van der Waals surface area contributed by atoms with Gasteiger partial charge in [-0.1, -0.05) is 25.7 Å². The second kappa shape index (κ2) is 9.29. The number of rotatable bonds is 7. The number of carbonyl (C=O) groups excluding carboxylic acids is 2. The number of esters is 1. The molecule has 3 saturated heterocycles. The number of fused-ring (bicyclic) bond motifs is 3. The number of anilines is 1. The van der Waals surface area contributed by atoms with Crippen LogP contribution in [0.2, 0.25) is 0 Å². The van der Waals surface area contributed by atoms with E-state index in [2.05, 4.69) is 15.3 Å². The number of carbonyl (C=O) groups is 2. The summed E-state index contributed by atoms with van der Waals surface area (Å²) in [7, 11) is 0. The highest BCUT2D eigenvalue weighted by atomic mass is 16.6. The molecule has 2 saturated carbocycles. The zero-order valence-corrected chi connectivity index (χ0v) is 19.5. The smallest absolute Gasteiger partial charge is 0.339 e. The number of aliphatic hydroxyl groups is 1. The lowest BCUT2D eigenvalue weighted by molar-refractivity contribution is -0.939. The topological polar surface area (TPSA) is 101 Å². The van der Waals surface area contributed by atoms with Crippen LogP contribution in [0.15, 0.2) is 18.5 Å². The molecule has 2 aliphatic carbocycles. The third kappa shape index (κ3) is 4.52. The fraction of sp³-hybridized carbons (Fsp3) is 0.760. The first kappa shape index (κ1) is 22.7. The van der Waals surface area contributed by atoms with Gasteiger partial charge in [0, 0.05) is 31.2 Å². The van der Waals surface area contributed by atoms with Crippen molar-refractivity contribution in [1.29, 1.82) is 0 Å². The molecule has 8 heteroatoms. The minimum absolute atomic E-state index is 0.0222. The number of hydrogen-bond acceptors (Lipinski definition) is 6. The van der Waals surface area contributed by atoms with Gasteiger partial charge in [-0.15, -0.1) is 0 Å². The summed E-state index contributed by atoms with van der Waals surface area (Å²) in [5, 5.41) is 14.6. The number of hydrogen-bond donors (Lipinski definition) is 2. The normalized spacial score (nSPS) is 30.5. The third-order valence-corrected chi connectivity index (χ3v) is 8.88. The first-order valence-corrected chi connectivity index (χ1v) is 12.8. The van der Waals surface area contributed by atoms with E-state index in [4.69, 9.17) is 4.74 Å². The molecule has 1 aromatic rings. The van der Waals surface area contributed by atoms with Gasteiger partial charge in [-0.3, -0.25) is 10.1 Å². The first-order valence-electron chi connectivity index (χ1n) is 12.8. The lowest BCUT2D eigenvalue weighted by atomic mass is 9.74. The van der Waals surface area contributed by atoms with Crippen molar-refractivity contribution in [3.63, 3.8) is 0 Å². The fourth-order valence-electron chi connectivity index (χ4n) is 7.04. The highest BCUT2D eigenvalue weighted by Gasteiger charge is 2.55. The Hall–Kier alpha value is -2.06. The maximum absolute atomic E-state index is 13.6.